The van der Waals surface area contributed by atoms with Crippen molar-refractivity contribution in [1.82, 2.24) is 15.3 Å². The van der Waals surface area contributed by atoms with Gasteiger partial charge < -0.3 is 10.1 Å². The van der Waals surface area contributed by atoms with Crippen LogP contribution in [0.4, 0.5) is 5.95 Å². The number of nitrogens with zero attached hydrogens (tertiary/aromatic N) is 2. The van der Waals surface area contributed by atoms with Crippen molar-refractivity contribution in [3.8, 4) is 0 Å². The molecule has 1 fully saturated rings. The molecule has 1 atom stereocenters. The predicted octanol–water partition coefficient (Wildman–Crippen LogP) is -0.206. The Morgan fingerprint density at radius 3 is 3.06 bits per heavy atom. The summed E-state index contributed by atoms with van der Waals surface area (Å²) in [5.74, 6) is 0.205. The first-order valence-electron chi connectivity index (χ1n) is 5.24. The highest BCUT2D eigenvalue weighted by Gasteiger charge is 2.17. The molecule has 86 valence electrons. The van der Waals surface area contributed by atoms with Crippen molar-refractivity contribution in [3.05, 3.63) is 18.5 Å². The van der Waals surface area contributed by atoms with Gasteiger partial charge in [0.05, 0.1) is 19.1 Å². The first-order valence-corrected chi connectivity index (χ1v) is 5.24. The van der Waals surface area contributed by atoms with Crippen molar-refractivity contribution < 1.29 is 9.53 Å². The highest BCUT2D eigenvalue weighted by Crippen LogP contribution is 2.03. The molecule has 0 radical (unpaired) electrons. The standard InChI is InChI=1S/C10H14N4O2/c15-9(6-8-7-11-4-5-16-8)14-10-12-2-1-3-13-10/h1-3,8,11H,4-7H2,(H,12,13,14,15). The number of hydrogen-bond donors (Lipinski definition) is 2. The molecule has 6 nitrogen and oxygen atoms in total. The van der Waals surface area contributed by atoms with Crippen LogP contribution in [0.2, 0.25) is 0 Å². The Labute approximate surface area is 93.4 Å². The van der Waals surface area contributed by atoms with Gasteiger partial charge >= 0.3 is 0 Å². The van der Waals surface area contributed by atoms with Crippen molar-refractivity contribution in [2.45, 2.75) is 12.5 Å². The quantitative estimate of drug-likeness (QED) is 0.740. The van der Waals surface area contributed by atoms with E-state index in [9.17, 15) is 4.79 Å². The molecule has 0 spiro atoms. The van der Waals surface area contributed by atoms with E-state index in [4.69, 9.17) is 4.74 Å². The molecule has 1 aliphatic rings. The zero-order valence-electron chi connectivity index (χ0n) is 8.85. The molecule has 1 unspecified atom stereocenters. The number of carbonyl (C=O) groups is 1. The van der Waals surface area contributed by atoms with Crippen molar-refractivity contribution in [2.24, 2.45) is 0 Å². The molecule has 0 aliphatic carbocycles. The van der Waals surface area contributed by atoms with E-state index >= 15 is 0 Å². The number of amides is 1. The summed E-state index contributed by atoms with van der Waals surface area (Å²) in [6, 6.07) is 1.70. The van der Waals surface area contributed by atoms with Gasteiger partial charge in [0.2, 0.25) is 11.9 Å². The van der Waals surface area contributed by atoms with Crippen LogP contribution in [0, 0.1) is 0 Å². The first-order chi connectivity index (χ1) is 7.84. The van der Waals surface area contributed by atoms with Gasteiger partial charge in [0.15, 0.2) is 0 Å². The number of ether oxygens (including phenoxy) is 1. The van der Waals surface area contributed by atoms with E-state index in [1.807, 2.05) is 0 Å². The third-order valence-electron chi connectivity index (χ3n) is 2.23. The molecule has 2 N–H and O–H groups in total. The molecule has 2 rings (SSSR count). The molecule has 0 bridgehead atoms. The normalized spacial score (nSPS) is 20.4. The van der Waals surface area contributed by atoms with Crippen LogP contribution in [0.1, 0.15) is 6.42 Å². The molecule has 1 aliphatic heterocycles. The van der Waals surface area contributed by atoms with Crippen molar-refractivity contribution in [1.29, 1.82) is 0 Å². The molecule has 1 saturated heterocycles. The maximum absolute atomic E-state index is 11.6. The zero-order valence-corrected chi connectivity index (χ0v) is 8.85. The monoisotopic (exact) mass is 222 g/mol. The maximum atomic E-state index is 11.6. The highest BCUT2D eigenvalue weighted by molar-refractivity contribution is 5.89. The third-order valence-corrected chi connectivity index (χ3v) is 2.23. The van der Waals surface area contributed by atoms with Crippen LogP contribution in [0.5, 0.6) is 0 Å². The second kappa shape index (κ2) is 5.53. The van der Waals surface area contributed by atoms with Gasteiger partial charge in [-0.2, -0.15) is 0 Å². The number of rotatable bonds is 3. The Hall–Kier alpha value is -1.53. The zero-order chi connectivity index (χ0) is 11.2. The fraction of sp³-hybridized carbons (Fsp3) is 0.500. The number of hydrogen-bond acceptors (Lipinski definition) is 5. The summed E-state index contributed by atoms with van der Waals surface area (Å²) in [4.78, 5) is 19.4. The topological polar surface area (TPSA) is 76.1 Å². The molecule has 16 heavy (non-hydrogen) atoms. The second-order valence-electron chi connectivity index (χ2n) is 3.52. The fourth-order valence-electron chi connectivity index (χ4n) is 1.50. The number of morpholine rings is 1. The lowest BCUT2D eigenvalue weighted by molar-refractivity contribution is -0.119. The number of nitrogens with one attached hydrogen (secondary N) is 2. The van der Waals surface area contributed by atoms with Gasteiger partial charge in [0.25, 0.3) is 0 Å². The highest BCUT2D eigenvalue weighted by atomic mass is 16.5. The molecule has 0 saturated carbocycles. The summed E-state index contributed by atoms with van der Waals surface area (Å²) >= 11 is 0. The van der Waals surface area contributed by atoms with Crippen LogP contribution in [0.3, 0.4) is 0 Å². The van der Waals surface area contributed by atoms with Crippen LogP contribution in [-0.2, 0) is 9.53 Å². The Bertz CT molecular complexity index is 338. The van der Waals surface area contributed by atoms with Crippen LogP contribution in [0.25, 0.3) is 0 Å². The van der Waals surface area contributed by atoms with Gasteiger partial charge in [0.1, 0.15) is 0 Å². The summed E-state index contributed by atoms with van der Waals surface area (Å²) in [6.07, 6.45) is 3.44. The lowest BCUT2D eigenvalue weighted by Gasteiger charge is -2.22. The lowest BCUT2D eigenvalue weighted by atomic mass is 10.2. The van der Waals surface area contributed by atoms with Crippen LogP contribution >= 0.6 is 0 Å². The van der Waals surface area contributed by atoms with Crippen molar-refractivity contribution in [3.63, 3.8) is 0 Å². The summed E-state index contributed by atoms with van der Waals surface area (Å²) in [7, 11) is 0. The average Bonchev–Trinajstić information content (AvgIpc) is 2.31. The van der Waals surface area contributed by atoms with Crippen molar-refractivity contribution >= 4 is 11.9 Å². The van der Waals surface area contributed by atoms with Gasteiger partial charge in [0, 0.05) is 25.5 Å². The maximum Gasteiger partial charge on any atom is 0.229 e. The molecular formula is C10H14N4O2. The van der Waals surface area contributed by atoms with E-state index in [-0.39, 0.29) is 12.0 Å². The second-order valence-corrected chi connectivity index (χ2v) is 3.52. The lowest BCUT2D eigenvalue weighted by Crippen LogP contribution is -2.40. The SMILES string of the molecule is O=C(CC1CNCCO1)Nc1ncccn1. The first kappa shape index (κ1) is 11.0. The van der Waals surface area contributed by atoms with Crippen LogP contribution < -0.4 is 10.6 Å². The summed E-state index contributed by atoms with van der Waals surface area (Å²) in [5, 5.41) is 5.79. The Morgan fingerprint density at radius 1 is 1.56 bits per heavy atom. The minimum Gasteiger partial charge on any atom is -0.375 e. The van der Waals surface area contributed by atoms with Crippen LogP contribution in [0.15, 0.2) is 18.5 Å². The van der Waals surface area contributed by atoms with Gasteiger partial charge in [-0.05, 0) is 6.07 Å². The van der Waals surface area contributed by atoms with Gasteiger partial charge in [-0.1, -0.05) is 0 Å². The van der Waals surface area contributed by atoms with E-state index in [0.717, 1.165) is 6.54 Å². The fourth-order valence-corrected chi connectivity index (χ4v) is 1.50. The minimum absolute atomic E-state index is 0.0579. The third kappa shape index (κ3) is 3.25. The van der Waals surface area contributed by atoms with Gasteiger partial charge in [-0.15, -0.1) is 0 Å². The van der Waals surface area contributed by atoms with E-state index in [2.05, 4.69) is 20.6 Å². The molecule has 1 aromatic heterocycles. The molecular weight excluding hydrogens is 208 g/mol. The average molecular weight is 222 g/mol. The number of carbonyl (C=O) groups excluding carboxylic acids is 1. The van der Waals surface area contributed by atoms with E-state index in [1.165, 1.54) is 0 Å². The van der Waals surface area contributed by atoms with Gasteiger partial charge in [-0.3, -0.25) is 10.1 Å². The largest absolute Gasteiger partial charge is 0.375 e. The Balaban J connectivity index is 1.80. The van der Waals surface area contributed by atoms with Crippen molar-refractivity contribution in [2.75, 3.05) is 25.0 Å². The number of aromatic nitrogens is 2. The Kier molecular flexibility index (Phi) is 3.79. The summed E-state index contributed by atoms with van der Waals surface area (Å²) < 4.78 is 5.42. The molecule has 2 heterocycles. The summed E-state index contributed by atoms with van der Waals surface area (Å²) in [5.41, 5.74) is 0. The minimum atomic E-state index is -0.125. The van der Waals surface area contributed by atoms with E-state index in [1.54, 1.807) is 18.5 Å². The van der Waals surface area contributed by atoms with E-state index in [0.29, 0.717) is 25.5 Å². The predicted molar refractivity (Wildman–Crippen MR) is 57.9 cm³/mol. The van der Waals surface area contributed by atoms with Crippen LogP contribution in [-0.4, -0.2) is 41.7 Å². The smallest absolute Gasteiger partial charge is 0.229 e. The molecule has 1 amide bonds. The molecule has 6 heteroatoms. The molecule has 1 aromatic rings. The Morgan fingerprint density at radius 2 is 2.38 bits per heavy atom. The molecule has 0 aromatic carbocycles. The van der Waals surface area contributed by atoms with E-state index < -0.39 is 0 Å². The van der Waals surface area contributed by atoms with Gasteiger partial charge in [-0.25, -0.2) is 9.97 Å². The number of anilines is 1. The summed E-state index contributed by atoms with van der Waals surface area (Å²) in [6.45, 7) is 2.21.